The lowest BCUT2D eigenvalue weighted by Gasteiger charge is -2.26. The van der Waals surface area contributed by atoms with Gasteiger partial charge in [0.1, 0.15) is 17.9 Å². The van der Waals surface area contributed by atoms with Crippen LogP contribution in [0.4, 0.5) is 5.95 Å². The third-order valence-corrected chi connectivity index (χ3v) is 4.76. The van der Waals surface area contributed by atoms with E-state index < -0.39 is 5.97 Å². The van der Waals surface area contributed by atoms with Crippen LogP contribution in [0.2, 0.25) is 5.02 Å². The molecule has 0 unspecified atom stereocenters. The molecule has 1 aromatic carbocycles. The minimum Gasteiger partial charge on any atom is -0.495 e. The van der Waals surface area contributed by atoms with Crippen LogP contribution in [0.3, 0.4) is 0 Å². The van der Waals surface area contributed by atoms with Crippen LogP contribution < -0.4 is 14.4 Å². The van der Waals surface area contributed by atoms with E-state index in [1.807, 2.05) is 6.07 Å². The van der Waals surface area contributed by atoms with Crippen molar-refractivity contribution in [1.82, 2.24) is 9.97 Å². The van der Waals surface area contributed by atoms with Crippen LogP contribution in [-0.4, -0.2) is 42.7 Å². The van der Waals surface area contributed by atoms with E-state index in [1.54, 1.807) is 26.2 Å². The van der Waals surface area contributed by atoms with E-state index >= 15 is 0 Å². The topological polar surface area (TPSA) is 73.8 Å². The van der Waals surface area contributed by atoms with Gasteiger partial charge in [0.25, 0.3) is 0 Å². The average molecular weight is 406 g/mol. The maximum atomic E-state index is 12.3. The first kappa shape index (κ1) is 20.2. The number of ether oxygens (including phenoxy) is 3. The predicted octanol–water partition coefficient (Wildman–Crippen LogP) is 3.88. The van der Waals surface area contributed by atoms with Crippen LogP contribution in [0, 0.1) is 0 Å². The summed E-state index contributed by atoms with van der Waals surface area (Å²) < 4.78 is 16.1. The molecule has 0 N–H and O–H groups in total. The number of hydrogen-bond acceptors (Lipinski definition) is 7. The van der Waals surface area contributed by atoms with Gasteiger partial charge in [0.05, 0.1) is 24.9 Å². The number of benzene rings is 1. The van der Waals surface area contributed by atoms with Gasteiger partial charge in [-0.1, -0.05) is 17.7 Å². The van der Waals surface area contributed by atoms with Crippen molar-refractivity contribution >= 4 is 23.5 Å². The number of carbonyl (C=O) groups excluding carboxylic acids is 1. The molecule has 2 aromatic rings. The molecule has 0 radical (unpaired) electrons. The summed E-state index contributed by atoms with van der Waals surface area (Å²) in [5.74, 6) is 0.860. The summed E-state index contributed by atoms with van der Waals surface area (Å²) in [5, 5.41) is 0.492. The van der Waals surface area contributed by atoms with Crippen LogP contribution in [0.5, 0.6) is 11.6 Å². The van der Waals surface area contributed by atoms with E-state index in [0.717, 1.165) is 31.5 Å². The first-order valence-electron chi connectivity index (χ1n) is 9.36. The summed E-state index contributed by atoms with van der Waals surface area (Å²) in [4.78, 5) is 23.2. The largest absolute Gasteiger partial charge is 0.495 e. The van der Waals surface area contributed by atoms with Gasteiger partial charge >= 0.3 is 5.97 Å². The van der Waals surface area contributed by atoms with Gasteiger partial charge in [-0.05, 0) is 43.9 Å². The van der Waals surface area contributed by atoms with Gasteiger partial charge in [-0.3, -0.25) is 0 Å². The quantitative estimate of drug-likeness (QED) is 0.647. The highest BCUT2D eigenvalue weighted by Crippen LogP contribution is 2.27. The van der Waals surface area contributed by atoms with Gasteiger partial charge in [0.2, 0.25) is 11.8 Å². The molecule has 2 heterocycles. The van der Waals surface area contributed by atoms with E-state index in [1.165, 1.54) is 12.6 Å². The third-order valence-electron chi connectivity index (χ3n) is 4.47. The maximum Gasteiger partial charge on any atom is 0.345 e. The molecule has 1 aromatic heterocycles. The lowest BCUT2D eigenvalue weighted by molar-refractivity contribution is 0.0519. The Morgan fingerprint density at radius 1 is 1.25 bits per heavy atom. The summed E-state index contributed by atoms with van der Waals surface area (Å²) in [6.07, 6.45) is 4.89. The Morgan fingerprint density at radius 2 is 2.04 bits per heavy atom. The Hall–Kier alpha value is -2.54. The Kier molecular flexibility index (Phi) is 6.92. The molecule has 0 spiro atoms. The summed E-state index contributed by atoms with van der Waals surface area (Å²) in [6.45, 7) is 4.01. The molecule has 0 atom stereocenters. The van der Waals surface area contributed by atoms with Gasteiger partial charge in [-0.15, -0.1) is 0 Å². The summed E-state index contributed by atoms with van der Waals surface area (Å²) >= 11 is 6.17. The highest BCUT2D eigenvalue weighted by Gasteiger charge is 2.21. The highest BCUT2D eigenvalue weighted by atomic mass is 35.5. The summed E-state index contributed by atoms with van der Waals surface area (Å²) in [6, 6.07) is 5.38. The SMILES string of the molecule is CCOC(=O)c1cnc(N2CCCCC2)nc1OCc1ccc(OC)c(Cl)c1. The zero-order valence-corrected chi connectivity index (χ0v) is 16.9. The molecule has 0 amide bonds. The molecule has 1 saturated heterocycles. The fraction of sp³-hybridized carbons (Fsp3) is 0.450. The molecule has 7 nitrogen and oxygen atoms in total. The number of aromatic nitrogens is 2. The number of anilines is 1. The van der Waals surface area contributed by atoms with E-state index in [9.17, 15) is 4.79 Å². The fourth-order valence-electron chi connectivity index (χ4n) is 3.01. The van der Waals surface area contributed by atoms with Crippen molar-refractivity contribution in [3.8, 4) is 11.6 Å². The second-order valence-corrected chi connectivity index (χ2v) is 6.82. The number of esters is 1. The fourth-order valence-corrected chi connectivity index (χ4v) is 3.29. The molecule has 3 rings (SSSR count). The molecule has 0 aliphatic carbocycles. The number of carbonyl (C=O) groups is 1. The van der Waals surface area contributed by atoms with E-state index in [0.29, 0.717) is 16.7 Å². The normalized spacial score (nSPS) is 13.9. The van der Waals surface area contributed by atoms with Crippen molar-refractivity contribution in [2.24, 2.45) is 0 Å². The second-order valence-electron chi connectivity index (χ2n) is 6.41. The van der Waals surface area contributed by atoms with Crippen LogP contribution in [0.1, 0.15) is 42.1 Å². The van der Waals surface area contributed by atoms with E-state index in [2.05, 4.69) is 14.9 Å². The third kappa shape index (κ3) is 4.84. The van der Waals surface area contributed by atoms with Crippen molar-refractivity contribution in [2.45, 2.75) is 32.8 Å². The van der Waals surface area contributed by atoms with Gasteiger partial charge < -0.3 is 19.1 Å². The molecule has 8 heteroatoms. The molecule has 0 saturated carbocycles. The van der Waals surface area contributed by atoms with Gasteiger partial charge in [0, 0.05) is 13.1 Å². The number of halogens is 1. The minimum absolute atomic E-state index is 0.201. The second kappa shape index (κ2) is 9.59. The standard InChI is InChI=1S/C20H24ClN3O4/c1-3-27-19(25)15-12-22-20(24-9-5-4-6-10-24)23-18(15)28-13-14-7-8-17(26-2)16(21)11-14/h7-8,11-12H,3-6,9-10,13H2,1-2H3. The average Bonchev–Trinajstić information content (AvgIpc) is 2.73. The Bertz CT molecular complexity index is 825. The van der Waals surface area contributed by atoms with Crippen molar-refractivity contribution in [1.29, 1.82) is 0 Å². The number of piperidine rings is 1. The first-order valence-corrected chi connectivity index (χ1v) is 9.74. The molecule has 1 aliphatic heterocycles. The molecule has 0 bridgehead atoms. The van der Waals surface area contributed by atoms with Crippen molar-refractivity contribution in [3.63, 3.8) is 0 Å². The summed E-state index contributed by atoms with van der Waals surface area (Å²) in [5.41, 5.74) is 1.04. The van der Waals surface area contributed by atoms with Gasteiger partial charge in [-0.2, -0.15) is 4.98 Å². The first-order chi connectivity index (χ1) is 13.6. The highest BCUT2D eigenvalue weighted by molar-refractivity contribution is 6.32. The van der Waals surface area contributed by atoms with E-state index in [-0.39, 0.29) is 24.7 Å². The van der Waals surface area contributed by atoms with Crippen molar-refractivity contribution in [3.05, 3.63) is 40.5 Å². The van der Waals surface area contributed by atoms with E-state index in [4.69, 9.17) is 25.8 Å². The van der Waals surface area contributed by atoms with Gasteiger partial charge in [0.15, 0.2) is 0 Å². The molecule has 28 heavy (non-hydrogen) atoms. The lowest BCUT2D eigenvalue weighted by Crippen LogP contribution is -2.31. The van der Waals surface area contributed by atoms with Crippen LogP contribution >= 0.6 is 11.6 Å². The maximum absolute atomic E-state index is 12.3. The molecular formula is C20H24ClN3O4. The van der Waals surface area contributed by atoms with Crippen LogP contribution in [0.15, 0.2) is 24.4 Å². The van der Waals surface area contributed by atoms with Gasteiger partial charge in [-0.25, -0.2) is 9.78 Å². The predicted molar refractivity (Wildman–Crippen MR) is 106 cm³/mol. The smallest absolute Gasteiger partial charge is 0.345 e. The molecule has 150 valence electrons. The number of hydrogen-bond donors (Lipinski definition) is 0. The summed E-state index contributed by atoms with van der Waals surface area (Å²) in [7, 11) is 1.56. The number of nitrogens with zero attached hydrogens (tertiary/aromatic N) is 3. The Labute approximate surface area is 169 Å². The van der Waals surface area contributed by atoms with Crippen molar-refractivity contribution in [2.75, 3.05) is 31.7 Å². The zero-order chi connectivity index (χ0) is 19.9. The van der Waals surface area contributed by atoms with Crippen molar-refractivity contribution < 1.29 is 19.0 Å². The zero-order valence-electron chi connectivity index (χ0n) is 16.1. The monoisotopic (exact) mass is 405 g/mol. The number of rotatable bonds is 7. The Balaban J connectivity index is 1.82. The molecular weight excluding hydrogens is 382 g/mol. The molecule has 1 fully saturated rings. The minimum atomic E-state index is -0.504. The number of methoxy groups -OCH3 is 1. The molecule has 1 aliphatic rings. The van der Waals surface area contributed by atoms with Crippen LogP contribution in [-0.2, 0) is 11.3 Å². The Morgan fingerprint density at radius 3 is 2.71 bits per heavy atom. The van der Waals surface area contributed by atoms with Crippen LogP contribution in [0.25, 0.3) is 0 Å². The lowest BCUT2D eigenvalue weighted by atomic mass is 10.1.